The van der Waals surface area contributed by atoms with Crippen LogP contribution in [0.25, 0.3) is 0 Å². The molecule has 0 saturated heterocycles. The standard InChI is InChI=1S/C17H20N2O3/c1-17(2,3)22-16(21)19-9-7-12-4-5-13(10-14(12)11-19)15(20)6-8-18/h4-5,10H,6-7,9,11H2,1-3H3. The zero-order valence-corrected chi connectivity index (χ0v) is 13.2. The topological polar surface area (TPSA) is 70.4 Å². The van der Waals surface area contributed by atoms with Crippen LogP contribution in [0.1, 0.15) is 48.7 Å². The van der Waals surface area contributed by atoms with Crippen molar-refractivity contribution in [3.8, 4) is 6.07 Å². The number of amides is 1. The molecule has 116 valence electrons. The average molecular weight is 300 g/mol. The highest BCUT2D eigenvalue weighted by atomic mass is 16.6. The van der Waals surface area contributed by atoms with Gasteiger partial charge in [-0.15, -0.1) is 0 Å². The lowest BCUT2D eigenvalue weighted by molar-refractivity contribution is 0.0224. The monoisotopic (exact) mass is 300 g/mol. The summed E-state index contributed by atoms with van der Waals surface area (Å²) >= 11 is 0. The Balaban J connectivity index is 2.15. The molecule has 0 aliphatic carbocycles. The molecule has 1 aliphatic rings. The fourth-order valence-corrected chi connectivity index (χ4v) is 2.39. The number of rotatable bonds is 2. The van der Waals surface area contributed by atoms with E-state index in [-0.39, 0.29) is 18.3 Å². The normalized spacial score (nSPS) is 14.0. The van der Waals surface area contributed by atoms with Crippen LogP contribution < -0.4 is 0 Å². The Morgan fingerprint density at radius 2 is 2.05 bits per heavy atom. The summed E-state index contributed by atoms with van der Waals surface area (Å²) in [6, 6.07) is 7.31. The predicted molar refractivity (Wildman–Crippen MR) is 81.4 cm³/mol. The molecule has 1 aliphatic heterocycles. The first kappa shape index (κ1) is 16.0. The minimum atomic E-state index is -0.526. The molecule has 0 fully saturated rings. The maximum absolute atomic E-state index is 12.1. The molecule has 0 aromatic heterocycles. The van der Waals surface area contributed by atoms with Gasteiger partial charge in [-0.1, -0.05) is 12.1 Å². The van der Waals surface area contributed by atoms with E-state index in [1.807, 2.05) is 32.9 Å². The van der Waals surface area contributed by atoms with Gasteiger partial charge in [-0.3, -0.25) is 4.79 Å². The molecule has 1 amide bonds. The summed E-state index contributed by atoms with van der Waals surface area (Å²) in [5, 5.41) is 8.62. The summed E-state index contributed by atoms with van der Waals surface area (Å²) in [5.74, 6) is -0.195. The SMILES string of the molecule is CC(C)(C)OC(=O)N1CCc2ccc(C(=O)CC#N)cc2C1. The molecule has 22 heavy (non-hydrogen) atoms. The maximum Gasteiger partial charge on any atom is 0.410 e. The largest absolute Gasteiger partial charge is 0.444 e. The first-order chi connectivity index (χ1) is 10.3. The number of ether oxygens (including phenoxy) is 1. The van der Waals surface area contributed by atoms with E-state index in [0.29, 0.717) is 18.7 Å². The second kappa shape index (κ2) is 6.18. The van der Waals surface area contributed by atoms with Gasteiger partial charge in [0.2, 0.25) is 0 Å². The van der Waals surface area contributed by atoms with Crippen molar-refractivity contribution in [1.29, 1.82) is 5.26 Å². The smallest absolute Gasteiger partial charge is 0.410 e. The van der Waals surface area contributed by atoms with E-state index in [4.69, 9.17) is 10.00 Å². The fraction of sp³-hybridized carbons (Fsp3) is 0.471. The highest BCUT2D eigenvalue weighted by Gasteiger charge is 2.26. The highest BCUT2D eigenvalue weighted by molar-refractivity contribution is 5.97. The molecule has 1 heterocycles. The van der Waals surface area contributed by atoms with E-state index < -0.39 is 5.60 Å². The van der Waals surface area contributed by atoms with Gasteiger partial charge >= 0.3 is 6.09 Å². The number of fused-ring (bicyclic) bond motifs is 1. The Morgan fingerprint density at radius 3 is 2.68 bits per heavy atom. The van der Waals surface area contributed by atoms with E-state index >= 15 is 0 Å². The Morgan fingerprint density at radius 1 is 1.32 bits per heavy atom. The van der Waals surface area contributed by atoms with Crippen molar-refractivity contribution < 1.29 is 14.3 Å². The zero-order valence-electron chi connectivity index (χ0n) is 13.2. The van der Waals surface area contributed by atoms with Crippen molar-refractivity contribution in [2.24, 2.45) is 0 Å². The van der Waals surface area contributed by atoms with E-state index in [1.54, 1.807) is 17.0 Å². The van der Waals surface area contributed by atoms with E-state index in [2.05, 4.69) is 0 Å². The number of Topliss-reactive ketones (excluding diaryl/α,β-unsaturated/α-hetero) is 1. The Labute approximate surface area is 130 Å². The van der Waals surface area contributed by atoms with Crippen LogP contribution >= 0.6 is 0 Å². The molecule has 0 saturated carbocycles. The highest BCUT2D eigenvalue weighted by Crippen LogP contribution is 2.22. The molecule has 0 unspecified atom stereocenters. The number of benzene rings is 1. The molecular formula is C17H20N2O3. The maximum atomic E-state index is 12.1. The van der Waals surface area contributed by atoms with Gasteiger partial charge in [0, 0.05) is 18.7 Å². The van der Waals surface area contributed by atoms with Crippen molar-refractivity contribution in [3.63, 3.8) is 0 Å². The van der Waals surface area contributed by atoms with Crippen molar-refractivity contribution in [3.05, 3.63) is 34.9 Å². The fourth-order valence-electron chi connectivity index (χ4n) is 2.39. The van der Waals surface area contributed by atoms with Crippen molar-refractivity contribution in [2.45, 2.75) is 45.8 Å². The third-order valence-electron chi connectivity index (χ3n) is 3.43. The zero-order chi connectivity index (χ0) is 16.3. The minimum absolute atomic E-state index is 0.130. The summed E-state index contributed by atoms with van der Waals surface area (Å²) in [6.45, 7) is 6.54. The molecule has 0 radical (unpaired) electrons. The molecule has 0 spiro atoms. The van der Waals surface area contributed by atoms with Crippen LogP contribution in [0.15, 0.2) is 18.2 Å². The van der Waals surface area contributed by atoms with Gasteiger partial charge < -0.3 is 9.64 Å². The summed E-state index contributed by atoms with van der Waals surface area (Å²) in [6.07, 6.45) is 0.266. The van der Waals surface area contributed by atoms with Crippen molar-refractivity contribution in [2.75, 3.05) is 6.54 Å². The third-order valence-corrected chi connectivity index (χ3v) is 3.43. The first-order valence-electron chi connectivity index (χ1n) is 7.30. The van der Waals surface area contributed by atoms with E-state index in [9.17, 15) is 9.59 Å². The van der Waals surface area contributed by atoms with Gasteiger partial charge in [-0.2, -0.15) is 5.26 Å². The van der Waals surface area contributed by atoms with Crippen LogP contribution in [0.4, 0.5) is 4.79 Å². The quantitative estimate of drug-likeness (QED) is 0.787. The second-order valence-electron chi connectivity index (χ2n) is 6.39. The van der Waals surface area contributed by atoms with Crippen LogP contribution in [-0.2, 0) is 17.7 Å². The number of carbonyl (C=O) groups is 2. The number of nitriles is 1. The Kier molecular flexibility index (Phi) is 4.51. The van der Waals surface area contributed by atoms with Gasteiger partial charge in [0.25, 0.3) is 0 Å². The molecular weight excluding hydrogens is 280 g/mol. The molecule has 2 rings (SSSR count). The van der Waals surface area contributed by atoms with Gasteiger partial charge in [0.1, 0.15) is 5.60 Å². The van der Waals surface area contributed by atoms with E-state index in [0.717, 1.165) is 17.5 Å². The molecule has 5 nitrogen and oxygen atoms in total. The average Bonchev–Trinajstić information content (AvgIpc) is 2.44. The summed E-state index contributed by atoms with van der Waals surface area (Å²) in [4.78, 5) is 25.6. The molecule has 0 N–H and O–H groups in total. The van der Waals surface area contributed by atoms with Gasteiger partial charge in [0.15, 0.2) is 5.78 Å². The minimum Gasteiger partial charge on any atom is -0.444 e. The molecule has 1 aromatic carbocycles. The lowest BCUT2D eigenvalue weighted by Gasteiger charge is -2.31. The Bertz CT molecular complexity index is 638. The second-order valence-corrected chi connectivity index (χ2v) is 6.39. The number of nitrogens with zero attached hydrogens (tertiary/aromatic N) is 2. The number of ketones is 1. The van der Waals surface area contributed by atoms with Crippen LogP contribution in [0.3, 0.4) is 0 Å². The van der Waals surface area contributed by atoms with Crippen LogP contribution in [0, 0.1) is 11.3 Å². The number of carbonyl (C=O) groups excluding carboxylic acids is 2. The molecule has 1 aromatic rings. The molecule has 0 bridgehead atoms. The molecule has 0 atom stereocenters. The third kappa shape index (κ3) is 3.85. The number of hydrogen-bond acceptors (Lipinski definition) is 4. The van der Waals surface area contributed by atoms with Crippen LogP contribution in [0.5, 0.6) is 0 Å². The summed E-state index contributed by atoms with van der Waals surface area (Å²) < 4.78 is 5.39. The first-order valence-corrected chi connectivity index (χ1v) is 7.30. The van der Waals surface area contributed by atoms with E-state index in [1.165, 1.54) is 0 Å². The lowest BCUT2D eigenvalue weighted by Crippen LogP contribution is -2.39. The molecule has 5 heteroatoms. The van der Waals surface area contributed by atoms with Crippen molar-refractivity contribution in [1.82, 2.24) is 4.90 Å². The van der Waals surface area contributed by atoms with Crippen LogP contribution in [-0.4, -0.2) is 28.9 Å². The van der Waals surface area contributed by atoms with Crippen molar-refractivity contribution >= 4 is 11.9 Å². The number of hydrogen-bond donors (Lipinski definition) is 0. The Hall–Kier alpha value is -2.35. The lowest BCUT2D eigenvalue weighted by atomic mass is 9.96. The van der Waals surface area contributed by atoms with Crippen LogP contribution in [0.2, 0.25) is 0 Å². The summed E-state index contributed by atoms with van der Waals surface area (Å²) in [5.41, 5.74) is 2.07. The van der Waals surface area contributed by atoms with Gasteiger partial charge in [0.05, 0.1) is 12.5 Å². The predicted octanol–water partition coefficient (Wildman–Crippen LogP) is 3.08. The summed E-state index contributed by atoms with van der Waals surface area (Å²) in [7, 11) is 0. The van der Waals surface area contributed by atoms with Gasteiger partial charge in [-0.25, -0.2) is 4.79 Å². The van der Waals surface area contributed by atoms with Gasteiger partial charge in [-0.05, 0) is 44.4 Å².